The third-order valence-electron chi connectivity index (χ3n) is 3.47. The lowest BCUT2D eigenvalue weighted by atomic mass is 10.0. The van der Waals surface area contributed by atoms with Gasteiger partial charge >= 0.3 is 0 Å². The van der Waals surface area contributed by atoms with Gasteiger partial charge in [-0.3, -0.25) is 4.90 Å². The smallest absolute Gasteiger partial charge is 0.0601 e. The largest absolute Gasteiger partial charge is 0.395 e. The van der Waals surface area contributed by atoms with Gasteiger partial charge in [0.15, 0.2) is 0 Å². The van der Waals surface area contributed by atoms with Crippen molar-refractivity contribution in [3.05, 3.63) is 35.9 Å². The molecule has 0 bridgehead atoms. The summed E-state index contributed by atoms with van der Waals surface area (Å²) >= 11 is 0. The van der Waals surface area contributed by atoms with E-state index in [1.807, 2.05) is 13.1 Å². The van der Waals surface area contributed by atoms with E-state index in [0.29, 0.717) is 0 Å². The van der Waals surface area contributed by atoms with Gasteiger partial charge in [0.25, 0.3) is 0 Å². The molecule has 1 aromatic rings. The van der Waals surface area contributed by atoms with Crippen LogP contribution < -0.4 is 5.73 Å². The molecule has 2 atom stereocenters. The Hall–Kier alpha value is -0.900. The number of likely N-dealkylation sites (N-methyl/N-ethyl adjacent to an activating group) is 1. The SMILES string of the molecule is CCCC(N)C(CO)N(C)CCc1ccccc1. The Balaban J connectivity index is 2.44. The summed E-state index contributed by atoms with van der Waals surface area (Å²) in [5.74, 6) is 0. The third-order valence-corrected chi connectivity index (χ3v) is 3.47. The molecule has 102 valence electrons. The van der Waals surface area contributed by atoms with Crippen LogP contribution in [0.4, 0.5) is 0 Å². The summed E-state index contributed by atoms with van der Waals surface area (Å²) < 4.78 is 0. The molecule has 0 radical (unpaired) electrons. The molecule has 0 spiro atoms. The number of hydrogen-bond acceptors (Lipinski definition) is 3. The normalized spacial score (nSPS) is 14.7. The molecule has 18 heavy (non-hydrogen) atoms. The predicted molar refractivity (Wildman–Crippen MR) is 76.5 cm³/mol. The van der Waals surface area contributed by atoms with Crippen molar-refractivity contribution >= 4 is 0 Å². The third kappa shape index (κ3) is 4.77. The average molecular weight is 250 g/mol. The standard InChI is InChI=1S/C15H26N2O/c1-3-7-14(16)15(12-18)17(2)11-10-13-8-5-4-6-9-13/h4-6,8-9,14-15,18H,3,7,10-12,16H2,1-2H3. The van der Waals surface area contributed by atoms with Crippen LogP contribution >= 0.6 is 0 Å². The van der Waals surface area contributed by atoms with Gasteiger partial charge in [-0.15, -0.1) is 0 Å². The second-order valence-electron chi connectivity index (χ2n) is 4.92. The molecule has 0 aliphatic rings. The monoisotopic (exact) mass is 250 g/mol. The molecule has 2 unspecified atom stereocenters. The summed E-state index contributed by atoms with van der Waals surface area (Å²) in [5, 5.41) is 9.47. The summed E-state index contributed by atoms with van der Waals surface area (Å²) in [4.78, 5) is 2.17. The van der Waals surface area contributed by atoms with Crippen molar-refractivity contribution < 1.29 is 5.11 Å². The van der Waals surface area contributed by atoms with Crippen molar-refractivity contribution in [3.63, 3.8) is 0 Å². The van der Waals surface area contributed by atoms with E-state index in [2.05, 4.69) is 36.1 Å². The molecule has 3 N–H and O–H groups in total. The zero-order chi connectivity index (χ0) is 13.4. The maximum absolute atomic E-state index is 9.47. The van der Waals surface area contributed by atoms with Crippen LogP contribution in [-0.2, 0) is 6.42 Å². The van der Waals surface area contributed by atoms with Gasteiger partial charge in [-0.2, -0.15) is 0 Å². The Morgan fingerprint density at radius 2 is 1.94 bits per heavy atom. The summed E-state index contributed by atoms with van der Waals surface area (Å²) in [6, 6.07) is 10.5. The van der Waals surface area contributed by atoms with Gasteiger partial charge in [-0.1, -0.05) is 43.7 Å². The first-order valence-corrected chi connectivity index (χ1v) is 6.79. The van der Waals surface area contributed by atoms with Crippen LogP contribution in [-0.4, -0.2) is 42.3 Å². The highest BCUT2D eigenvalue weighted by atomic mass is 16.3. The highest BCUT2D eigenvalue weighted by Crippen LogP contribution is 2.08. The zero-order valence-corrected chi connectivity index (χ0v) is 11.5. The molecule has 0 saturated heterocycles. The minimum atomic E-state index is 0.0563. The highest BCUT2D eigenvalue weighted by molar-refractivity contribution is 5.14. The number of rotatable bonds is 8. The molecular weight excluding hydrogens is 224 g/mol. The van der Waals surface area contributed by atoms with E-state index < -0.39 is 0 Å². The zero-order valence-electron chi connectivity index (χ0n) is 11.5. The van der Waals surface area contributed by atoms with Crippen LogP contribution in [0, 0.1) is 0 Å². The van der Waals surface area contributed by atoms with Gasteiger partial charge in [-0.25, -0.2) is 0 Å². The first kappa shape index (κ1) is 15.2. The van der Waals surface area contributed by atoms with E-state index in [1.165, 1.54) is 5.56 Å². The molecule has 1 aromatic carbocycles. The van der Waals surface area contributed by atoms with E-state index in [4.69, 9.17) is 5.73 Å². The fourth-order valence-electron chi connectivity index (χ4n) is 2.24. The first-order valence-electron chi connectivity index (χ1n) is 6.79. The summed E-state index contributed by atoms with van der Waals surface area (Å²) in [6.07, 6.45) is 3.01. The quantitative estimate of drug-likeness (QED) is 0.737. The molecule has 3 heteroatoms. The highest BCUT2D eigenvalue weighted by Gasteiger charge is 2.20. The molecule has 0 saturated carbocycles. The Morgan fingerprint density at radius 1 is 1.28 bits per heavy atom. The number of nitrogens with zero attached hydrogens (tertiary/aromatic N) is 1. The topological polar surface area (TPSA) is 49.5 Å². The fourth-order valence-corrected chi connectivity index (χ4v) is 2.24. The Morgan fingerprint density at radius 3 is 2.50 bits per heavy atom. The summed E-state index contributed by atoms with van der Waals surface area (Å²) in [7, 11) is 2.04. The van der Waals surface area contributed by atoms with Crippen molar-refractivity contribution in [1.29, 1.82) is 0 Å². The van der Waals surface area contributed by atoms with Gasteiger partial charge in [-0.05, 0) is 25.5 Å². The van der Waals surface area contributed by atoms with E-state index in [-0.39, 0.29) is 18.7 Å². The maximum Gasteiger partial charge on any atom is 0.0601 e. The number of nitrogens with two attached hydrogens (primary N) is 1. The molecule has 0 aliphatic heterocycles. The van der Waals surface area contributed by atoms with Crippen LogP contribution in [0.2, 0.25) is 0 Å². The fraction of sp³-hybridized carbons (Fsp3) is 0.600. The molecule has 1 rings (SSSR count). The Labute approximate surface area is 111 Å². The van der Waals surface area contributed by atoms with Crippen LogP contribution in [0.5, 0.6) is 0 Å². The second-order valence-corrected chi connectivity index (χ2v) is 4.92. The van der Waals surface area contributed by atoms with Gasteiger partial charge < -0.3 is 10.8 Å². The Bertz CT molecular complexity index is 316. The minimum Gasteiger partial charge on any atom is -0.395 e. The lowest BCUT2D eigenvalue weighted by Crippen LogP contribution is -2.49. The lowest BCUT2D eigenvalue weighted by Gasteiger charge is -2.31. The van der Waals surface area contributed by atoms with E-state index >= 15 is 0 Å². The van der Waals surface area contributed by atoms with E-state index in [1.54, 1.807) is 0 Å². The number of hydrogen-bond donors (Lipinski definition) is 2. The van der Waals surface area contributed by atoms with Gasteiger partial charge in [0, 0.05) is 18.6 Å². The van der Waals surface area contributed by atoms with Crippen molar-refractivity contribution in [2.24, 2.45) is 5.73 Å². The molecule has 3 nitrogen and oxygen atoms in total. The van der Waals surface area contributed by atoms with E-state index in [9.17, 15) is 5.11 Å². The molecule has 0 fully saturated rings. The lowest BCUT2D eigenvalue weighted by molar-refractivity contribution is 0.124. The maximum atomic E-state index is 9.47. The molecule has 0 aromatic heterocycles. The predicted octanol–water partition coefficient (Wildman–Crippen LogP) is 1.65. The molecule has 0 heterocycles. The van der Waals surface area contributed by atoms with Gasteiger partial charge in [0.05, 0.1) is 6.61 Å². The van der Waals surface area contributed by atoms with Crippen molar-refractivity contribution in [2.75, 3.05) is 20.2 Å². The van der Waals surface area contributed by atoms with E-state index in [0.717, 1.165) is 25.8 Å². The van der Waals surface area contributed by atoms with Crippen LogP contribution in [0.15, 0.2) is 30.3 Å². The first-order chi connectivity index (χ1) is 8.69. The van der Waals surface area contributed by atoms with Crippen molar-refractivity contribution in [3.8, 4) is 0 Å². The molecule has 0 aliphatic carbocycles. The van der Waals surface area contributed by atoms with Gasteiger partial charge in [0.2, 0.25) is 0 Å². The van der Waals surface area contributed by atoms with Crippen LogP contribution in [0.3, 0.4) is 0 Å². The average Bonchev–Trinajstić information content (AvgIpc) is 2.39. The summed E-state index contributed by atoms with van der Waals surface area (Å²) in [6.45, 7) is 3.18. The Kier molecular flexibility index (Phi) is 6.94. The minimum absolute atomic E-state index is 0.0563. The summed E-state index contributed by atoms with van der Waals surface area (Å²) in [5.41, 5.74) is 7.43. The van der Waals surface area contributed by atoms with Crippen LogP contribution in [0.25, 0.3) is 0 Å². The number of aliphatic hydroxyl groups excluding tert-OH is 1. The van der Waals surface area contributed by atoms with Gasteiger partial charge in [0.1, 0.15) is 0 Å². The van der Waals surface area contributed by atoms with Crippen molar-refractivity contribution in [1.82, 2.24) is 4.90 Å². The molecular formula is C15H26N2O. The molecule has 0 amide bonds. The van der Waals surface area contributed by atoms with Crippen LogP contribution in [0.1, 0.15) is 25.3 Å². The van der Waals surface area contributed by atoms with Crippen molar-refractivity contribution in [2.45, 2.75) is 38.3 Å². The number of benzene rings is 1. The number of aliphatic hydroxyl groups is 1. The second kappa shape index (κ2) is 8.25.